The second-order valence-electron chi connectivity index (χ2n) is 6.83. The van der Waals surface area contributed by atoms with E-state index in [9.17, 15) is 9.59 Å². The molecule has 1 unspecified atom stereocenters. The highest BCUT2D eigenvalue weighted by molar-refractivity contribution is 9.10. The number of rotatable bonds is 7. The van der Waals surface area contributed by atoms with Gasteiger partial charge >= 0.3 is 0 Å². The molecule has 2 heterocycles. The number of aromatic amines is 1. The fraction of sp³-hybridized carbons (Fsp3) is 0.421. The number of amides is 2. The van der Waals surface area contributed by atoms with E-state index in [1.54, 1.807) is 6.07 Å². The highest BCUT2D eigenvalue weighted by Gasteiger charge is 2.23. The molecule has 8 heteroatoms. The standard InChI is InChI=1S/C19H24BrN5O2/c20-15-6-4-13(5-7-15)16-11-17(24-23-16)19(27)22-8-2-10-25-9-1-3-14(12-25)18(21)26/h4-7,11,14H,1-3,8-10,12H2,(H2,21,26)(H,22,27)(H,23,24). The normalized spacial score (nSPS) is 17.6. The van der Waals surface area contributed by atoms with E-state index in [1.807, 2.05) is 24.3 Å². The summed E-state index contributed by atoms with van der Waals surface area (Å²) in [4.78, 5) is 25.8. The summed E-state index contributed by atoms with van der Waals surface area (Å²) in [5.74, 6) is -0.427. The summed E-state index contributed by atoms with van der Waals surface area (Å²) in [5, 5.41) is 9.91. The fourth-order valence-corrected chi connectivity index (χ4v) is 3.56. The van der Waals surface area contributed by atoms with Crippen LogP contribution in [0, 0.1) is 5.92 Å². The van der Waals surface area contributed by atoms with Crippen LogP contribution in [-0.4, -0.2) is 53.1 Å². The topological polar surface area (TPSA) is 104 Å². The second-order valence-corrected chi connectivity index (χ2v) is 7.74. The lowest BCUT2D eigenvalue weighted by atomic mass is 9.97. The highest BCUT2D eigenvalue weighted by Crippen LogP contribution is 2.20. The number of nitrogens with zero attached hydrogens (tertiary/aromatic N) is 2. The number of nitrogens with one attached hydrogen (secondary N) is 2. The Hall–Kier alpha value is -2.19. The van der Waals surface area contributed by atoms with Gasteiger partial charge in [-0.15, -0.1) is 0 Å². The first kappa shape index (κ1) is 19.6. The average Bonchev–Trinajstić information content (AvgIpc) is 3.16. The fourth-order valence-electron chi connectivity index (χ4n) is 3.30. The number of benzene rings is 1. The third-order valence-corrected chi connectivity index (χ3v) is 5.34. The quantitative estimate of drug-likeness (QED) is 0.581. The Labute approximate surface area is 166 Å². The molecule has 2 aromatic rings. The number of piperidine rings is 1. The number of likely N-dealkylation sites (tertiary alicyclic amines) is 1. The maximum absolute atomic E-state index is 12.3. The van der Waals surface area contributed by atoms with E-state index in [1.165, 1.54) is 0 Å². The van der Waals surface area contributed by atoms with Gasteiger partial charge in [0.15, 0.2) is 0 Å². The molecule has 0 radical (unpaired) electrons. The van der Waals surface area contributed by atoms with Crippen LogP contribution < -0.4 is 11.1 Å². The predicted octanol–water partition coefficient (Wildman–Crippen LogP) is 2.16. The van der Waals surface area contributed by atoms with Gasteiger partial charge in [0, 0.05) is 23.1 Å². The van der Waals surface area contributed by atoms with Gasteiger partial charge in [0.25, 0.3) is 5.91 Å². The number of aromatic nitrogens is 2. The number of halogens is 1. The molecule has 27 heavy (non-hydrogen) atoms. The van der Waals surface area contributed by atoms with Gasteiger partial charge in [0.05, 0.1) is 11.6 Å². The molecule has 1 atom stereocenters. The van der Waals surface area contributed by atoms with Gasteiger partial charge in [-0.2, -0.15) is 5.10 Å². The molecule has 3 rings (SSSR count). The molecular formula is C19H24BrN5O2. The van der Waals surface area contributed by atoms with Crippen molar-refractivity contribution in [3.63, 3.8) is 0 Å². The van der Waals surface area contributed by atoms with Crippen molar-refractivity contribution in [2.45, 2.75) is 19.3 Å². The molecule has 0 saturated carbocycles. The zero-order valence-corrected chi connectivity index (χ0v) is 16.7. The van der Waals surface area contributed by atoms with Gasteiger partial charge in [-0.3, -0.25) is 14.7 Å². The predicted molar refractivity (Wildman–Crippen MR) is 107 cm³/mol. The number of carbonyl (C=O) groups is 2. The molecular weight excluding hydrogens is 410 g/mol. The van der Waals surface area contributed by atoms with Crippen molar-refractivity contribution in [1.82, 2.24) is 20.4 Å². The minimum Gasteiger partial charge on any atom is -0.369 e. The van der Waals surface area contributed by atoms with Crippen LogP contribution in [0.1, 0.15) is 29.8 Å². The first-order valence-corrected chi connectivity index (χ1v) is 9.93. The molecule has 1 aromatic carbocycles. The van der Waals surface area contributed by atoms with Crippen LogP contribution in [0.15, 0.2) is 34.8 Å². The number of hydrogen-bond donors (Lipinski definition) is 3. The average molecular weight is 434 g/mol. The van der Waals surface area contributed by atoms with Crippen LogP contribution in [0.3, 0.4) is 0 Å². The molecule has 1 aliphatic heterocycles. The zero-order chi connectivity index (χ0) is 19.2. The van der Waals surface area contributed by atoms with E-state index < -0.39 is 0 Å². The molecule has 0 aliphatic carbocycles. The number of carbonyl (C=O) groups excluding carboxylic acids is 2. The SMILES string of the molecule is NC(=O)C1CCCN(CCCNC(=O)c2cc(-c3ccc(Br)cc3)n[nH]2)C1. The zero-order valence-electron chi connectivity index (χ0n) is 15.1. The van der Waals surface area contributed by atoms with Crippen molar-refractivity contribution < 1.29 is 9.59 Å². The summed E-state index contributed by atoms with van der Waals surface area (Å²) in [5.41, 5.74) is 7.53. The van der Waals surface area contributed by atoms with Crippen LogP contribution in [-0.2, 0) is 4.79 Å². The first-order valence-electron chi connectivity index (χ1n) is 9.14. The van der Waals surface area contributed by atoms with Crippen LogP contribution in [0.25, 0.3) is 11.3 Å². The molecule has 1 aromatic heterocycles. The smallest absolute Gasteiger partial charge is 0.269 e. The first-order chi connectivity index (χ1) is 13.0. The molecule has 1 saturated heterocycles. The number of primary amides is 1. The minimum atomic E-state index is -0.214. The number of hydrogen-bond acceptors (Lipinski definition) is 4. The van der Waals surface area contributed by atoms with Gasteiger partial charge in [-0.05, 0) is 50.6 Å². The monoisotopic (exact) mass is 433 g/mol. The van der Waals surface area contributed by atoms with Gasteiger partial charge in [0.2, 0.25) is 5.91 Å². The summed E-state index contributed by atoms with van der Waals surface area (Å²) in [6, 6.07) is 9.51. The highest BCUT2D eigenvalue weighted by atomic mass is 79.9. The van der Waals surface area contributed by atoms with Crippen molar-refractivity contribution in [2.24, 2.45) is 11.7 Å². The third kappa shape index (κ3) is 5.40. The van der Waals surface area contributed by atoms with Gasteiger partial charge < -0.3 is 16.0 Å². The van der Waals surface area contributed by atoms with Crippen molar-refractivity contribution in [2.75, 3.05) is 26.2 Å². The summed E-state index contributed by atoms with van der Waals surface area (Å²) in [7, 11) is 0. The summed E-state index contributed by atoms with van der Waals surface area (Å²) < 4.78 is 0.996. The van der Waals surface area contributed by atoms with Crippen LogP contribution in [0.4, 0.5) is 0 Å². The second kappa shape index (κ2) is 9.14. The Morgan fingerprint density at radius 2 is 2.11 bits per heavy atom. The Morgan fingerprint density at radius 3 is 2.85 bits per heavy atom. The maximum Gasteiger partial charge on any atom is 0.269 e. The summed E-state index contributed by atoms with van der Waals surface area (Å²) in [6.45, 7) is 3.12. The van der Waals surface area contributed by atoms with Gasteiger partial charge in [0.1, 0.15) is 5.69 Å². The lowest BCUT2D eigenvalue weighted by Gasteiger charge is -2.31. The van der Waals surface area contributed by atoms with E-state index in [2.05, 4.69) is 36.3 Å². The number of nitrogens with two attached hydrogens (primary N) is 1. The molecule has 2 amide bonds. The van der Waals surface area contributed by atoms with Crippen LogP contribution in [0.5, 0.6) is 0 Å². The van der Waals surface area contributed by atoms with Crippen molar-refractivity contribution >= 4 is 27.7 Å². The third-order valence-electron chi connectivity index (χ3n) is 4.81. The lowest BCUT2D eigenvalue weighted by molar-refractivity contribution is -0.123. The Bertz CT molecular complexity index is 790. The molecule has 144 valence electrons. The van der Waals surface area contributed by atoms with E-state index in [0.717, 1.165) is 54.6 Å². The molecule has 7 nitrogen and oxygen atoms in total. The van der Waals surface area contributed by atoms with E-state index in [-0.39, 0.29) is 17.7 Å². The summed E-state index contributed by atoms with van der Waals surface area (Å²) >= 11 is 3.40. The molecule has 1 fully saturated rings. The minimum absolute atomic E-state index is 0.0460. The van der Waals surface area contributed by atoms with E-state index >= 15 is 0 Å². The van der Waals surface area contributed by atoms with Gasteiger partial charge in [-0.25, -0.2) is 0 Å². The van der Waals surface area contributed by atoms with Crippen molar-refractivity contribution in [3.8, 4) is 11.3 Å². The molecule has 0 bridgehead atoms. The van der Waals surface area contributed by atoms with Crippen molar-refractivity contribution in [3.05, 3.63) is 40.5 Å². The Kier molecular flexibility index (Phi) is 6.63. The largest absolute Gasteiger partial charge is 0.369 e. The molecule has 0 spiro atoms. The maximum atomic E-state index is 12.3. The number of H-pyrrole nitrogens is 1. The molecule has 1 aliphatic rings. The van der Waals surface area contributed by atoms with E-state index in [4.69, 9.17) is 5.73 Å². The van der Waals surface area contributed by atoms with Crippen molar-refractivity contribution in [1.29, 1.82) is 0 Å². The molecule has 4 N–H and O–H groups in total. The summed E-state index contributed by atoms with van der Waals surface area (Å²) in [6.07, 6.45) is 2.70. The van der Waals surface area contributed by atoms with Crippen LogP contribution in [0.2, 0.25) is 0 Å². The Balaban J connectivity index is 1.43. The Morgan fingerprint density at radius 1 is 1.33 bits per heavy atom. The lowest BCUT2D eigenvalue weighted by Crippen LogP contribution is -2.42. The van der Waals surface area contributed by atoms with Crippen LogP contribution >= 0.6 is 15.9 Å². The van der Waals surface area contributed by atoms with Gasteiger partial charge in [-0.1, -0.05) is 28.1 Å². The van der Waals surface area contributed by atoms with E-state index in [0.29, 0.717) is 12.2 Å².